The minimum absolute atomic E-state index is 0.421. The van der Waals surface area contributed by atoms with Gasteiger partial charge in [0, 0.05) is 11.9 Å². The van der Waals surface area contributed by atoms with Crippen molar-refractivity contribution in [2.24, 2.45) is 12.5 Å². The van der Waals surface area contributed by atoms with Crippen LogP contribution in [0.4, 0.5) is 0 Å². The van der Waals surface area contributed by atoms with E-state index in [1.807, 2.05) is 18.7 Å². The summed E-state index contributed by atoms with van der Waals surface area (Å²) in [6, 6.07) is 0. The van der Waals surface area contributed by atoms with Gasteiger partial charge in [0.25, 0.3) is 0 Å². The Bertz CT molecular complexity index is 380. The molecule has 0 aromatic carbocycles. The maximum atomic E-state index is 6.25. The van der Waals surface area contributed by atoms with Crippen molar-refractivity contribution >= 4 is 27.5 Å². The van der Waals surface area contributed by atoms with Crippen molar-refractivity contribution in [3.05, 3.63) is 16.4 Å². The molecule has 1 heterocycles. The Balaban J connectivity index is 2.25. The molecule has 0 N–H and O–H groups in total. The van der Waals surface area contributed by atoms with Crippen LogP contribution < -0.4 is 0 Å². The fourth-order valence-electron chi connectivity index (χ4n) is 2.08. The first-order chi connectivity index (χ1) is 6.96. The highest BCUT2D eigenvalue weighted by Crippen LogP contribution is 2.54. The molecule has 4 heteroatoms. The third-order valence-electron chi connectivity index (χ3n) is 3.52. The van der Waals surface area contributed by atoms with Crippen LogP contribution in [0.3, 0.4) is 0 Å². The quantitative estimate of drug-likeness (QED) is 0.780. The molecule has 1 unspecified atom stereocenters. The SMILES string of the molecule is Cc1nn(C)c(CC2(C(C)Br)CC2)c1Cl. The van der Waals surface area contributed by atoms with Crippen LogP contribution in [-0.4, -0.2) is 14.6 Å². The molecular formula is C11H16BrClN2. The second-order valence-corrected chi connectivity index (χ2v) is 6.38. The highest BCUT2D eigenvalue weighted by molar-refractivity contribution is 9.09. The summed E-state index contributed by atoms with van der Waals surface area (Å²) in [6.45, 7) is 4.19. The fourth-order valence-corrected chi connectivity index (χ4v) is 2.93. The molecule has 0 spiro atoms. The van der Waals surface area contributed by atoms with Crippen LogP contribution in [0, 0.1) is 12.3 Å². The molecule has 1 aliphatic rings. The van der Waals surface area contributed by atoms with Gasteiger partial charge in [0.05, 0.1) is 16.4 Å². The zero-order chi connectivity index (χ0) is 11.2. The van der Waals surface area contributed by atoms with Crippen molar-refractivity contribution in [3.8, 4) is 0 Å². The van der Waals surface area contributed by atoms with E-state index >= 15 is 0 Å². The van der Waals surface area contributed by atoms with E-state index in [0.29, 0.717) is 10.2 Å². The van der Waals surface area contributed by atoms with Gasteiger partial charge in [-0.2, -0.15) is 5.10 Å². The van der Waals surface area contributed by atoms with Crippen molar-refractivity contribution in [3.63, 3.8) is 0 Å². The maximum Gasteiger partial charge on any atom is 0.0847 e. The van der Waals surface area contributed by atoms with E-state index < -0.39 is 0 Å². The Morgan fingerprint density at radius 1 is 1.60 bits per heavy atom. The van der Waals surface area contributed by atoms with E-state index in [1.165, 1.54) is 18.5 Å². The van der Waals surface area contributed by atoms with E-state index in [-0.39, 0.29) is 0 Å². The lowest BCUT2D eigenvalue weighted by Crippen LogP contribution is -2.17. The van der Waals surface area contributed by atoms with Crippen LogP contribution in [0.2, 0.25) is 5.02 Å². The lowest BCUT2D eigenvalue weighted by molar-refractivity contribution is 0.487. The summed E-state index contributed by atoms with van der Waals surface area (Å²) in [5.74, 6) is 0. The first-order valence-corrected chi connectivity index (χ1v) is 6.58. The van der Waals surface area contributed by atoms with Crippen LogP contribution in [0.15, 0.2) is 0 Å². The molecule has 1 fully saturated rings. The predicted octanol–water partition coefficient (Wildman–Crippen LogP) is 3.49. The summed E-state index contributed by atoms with van der Waals surface area (Å²) in [4.78, 5) is 0.552. The average Bonchev–Trinajstić information content (AvgIpc) is 2.89. The molecule has 84 valence electrons. The van der Waals surface area contributed by atoms with E-state index in [1.54, 1.807) is 0 Å². The number of nitrogens with zero attached hydrogens (tertiary/aromatic N) is 2. The number of alkyl halides is 1. The molecule has 1 atom stereocenters. The standard InChI is InChI=1S/C11H16BrClN2/c1-7-10(13)9(15(3)14-7)6-11(4-5-11)8(2)12/h8H,4-6H2,1-3H3. The molecule has 1 aromatic rings. The van der Waals surface area contributed by atoms with Gasteiger partial charge in [-0.05, 0) is 31.6 Å². The Morgan fingerprint density at radius 2 is 2.20 bits per heavy atom. The van der Waals surface area contributed by atoms with Crippen molar-refractivity contribution in [2.75, 3.05) is 0 Å². The van der Waals surface area contributed by atoms with Gasteiger partial charge in [0.15, 0.2) is 0 Å². The van der Waals surface area contributed by atoms with Gasteiger partial charge in [-0.3, -0.25) is 4.68 Å². The molecule has 0 bridgehead atoms. The smallest absolute Gasteiger partial charge is 0.0847 e. The maximum absolute atomic E-state index is 6.25. The number of halogens is 2. The molecule has 0 amide bonds. The fraction of sp³-hybridized carbons (Fsp3) is 0.727. The van der Waals surface area contributed by atoms with Crippen molar-refractivity contribution < 1.29 is 0 Å². The van der Waals surface area contributed by atoms with Gasteiger partial charge in [-0.1, -0.05) is 34.5 Å². The number of aryl methyl sites for hydroxylation is 2. The zero-order valence-electron chi connectivity index (χ0n) is 9.35. The van der Waals surface area contributed by atoms with E-state index in [2.05, 4.69) is 28.0 Å². The molecule has 1 aromatic heterocycles. The lowest BCUT2D eigenvalue weighted by atomic mass is 9.97. The van der Waals surface area contributed by atoms with Gasteiger partial charge < -0.3 is 0 Å². The largest absolute Gasteiger partial charge is 0.271 e. The highest BCUT2D eigenvalue weighted by Gasteiger charge is 2.47. The van der Waals surface area contributed by atoms with Gasteiger partial charge in [0.1, 0.15) is 0 Å². The summed E-state index contributed by atoms with van der Waals surface area (Å²) in [7, 11) is 1.98. The molecule has 1 aliphatic carbocycles. The molecule has 2 nitrogen and oxygen atoms in total. The summed E-state index contributed by atoms with van der Waals surface area (Å²) in [6.07, 6.45) is 3.62. The van der Waals surface area contributed by atoms with Gasteiger partial charge in [0.2, 0.25) is 0 Å². The van der Waals surface area contributed by atoms with Gasteiger partial charge in [-0.25, -0.2) is 0 Å². The first kappa shape index (κ1) is 11.5. The van der Waals surface area contributed by atoms with E-state index in [4.69, 9.17) is 11.6 Å². The van der Waals surface area contributed by atoms with Gasteiger partial charge >= 0.3 is 0 Å². The minimum atomic E-state index is 0.421. The second-order valence-electron chi connectivity index (χ2n) is 4.62. The number of rotatable bonds is 3. The van der Waals surface area contributed by atoms with E-state index in [0.717, 1.165) is 17.1 Å². The van der Waals surface area contributed by atoms with Crippen LogP contribution in [0.25, 0.3) is 0 Å². The number of hydrogen-bond acceptors (Lipinski definition) is 1. The average molecular weight is 292 g/mol. The third kappa shape index (κ3) is 1.96. The van der Waals surface area contributed by atoms with Crippen LogP contribution in [0.1, 0.15) is 31.2 Å². The zero-order valence-corrected chi connectivity index (χ0v) is 11.7. The predicted molar refractivity (Wildman–Crippen MR) is 66.7 cm³/mol. The summed E-state index contributed by atoms with van der Waals surface area (Å²) < 4.78 is 1.92. The molecule has 15 heavy (non-hydrogen) atoms. The Morgan fingerprint density at radius 3 is 2.53 bits per heavy atom. The van der Waals surface area contributed by atoms with Crippen LogP contribution in [0.5, 0.6) is 0 Å². The normalized spacial score (nSPS) is 20.3. The number of hydrogen-bond donors (Lipinski definition) is 0. The Kier molecular flexibility index (Phi) is 2.89. The highest BCUT2D eigenvalue weighted by atomic mass is 79.9. The third-order valence-corrected chi connectivity index (χ3v) is 4.98. The summed E-state index contributed by atoms with van der Waals surface area (Å²) in [5.41, 5.74) is 2.54. The van der Waals surface area contributed by atoms with Gasteiger partial charge in [-0.15, -0.1) is 0 Å². The number of aromatic nitrogens is 2. The topological polar surface area (TPSA) is 17.8 Å². The molecule has 0 saturated heterocycles. The first-order valence-electron chi connectivity index (χ1n) is 5.28. The monoisotopic (exact) mass is 290 g/mol. The van der Waals surface area contributed by atoms with Crippen molar-refractivity contribution in [1.82, 2.24) is 9.78 Å². The lowest BCUT2D eigenvalue weighted by Gasteiger charge is -2.18. The summed E-state index contributed by atoms with van der Waals surface area (Å²) in [5, 5.41) is 5.20. The van der Waals surface area contributed by atoms with Crippen molar-refractivity contribution in [2.45, 2.75) is 37.9 Å². The summed E-state index contributed by atoms with van der Waals surface area (Å²) >= 11 is 9.95. The minimum Gasteiger partial charge on any atom is -0.271 e. The van der Waals surface area contributed by atoms with Crippen LogP contribution >= 0.6 is 27.5 Å². The van der Waals surface area contributed by atoms with Crippen molar-refractivity contribution in [1.29, 1.82) is 0 Å². The second kappa shape index (κ2) is 3.77. The Labute approximate surface area is 104 Å². The molecule has 0 aliphatic heterocycles. The molecule has 0 radical (unpaired) electrons. The molecular weight excluding hydrogens is 275 g/mol. The molecule has 2 rings (SSSR count). The van der Waals surface area contributed by atoms with E-state index in [9.17, 15) is 0 Å². The molecule has 1 saturated carbocycles. The van der Waals surface area contributed by atoms with Crippen LogP contribution in [-0.2, 0) is 13.5 Å². The Hall–Kier alpha value is -0.0200.